The Kier molecular flexibility index (Phi) is 6.71. The molecule has 2 heteroatoms. The lowest BCUT2D eigenvalue weighted by Gasteiger charge is -2.11. The highest BCUT2D eigenvalue weighted by atomic mass is 16.5. The highest BCUT2D eigenvalue weighted by molar-refractivity contribution is 5.29. The summed E-state index contributed by atoms with van der Waals surface area (Å²) in [7, 11) is 0. The molecule has 0 spiro atoms. The summed E-state index contributed by atoms with van der Waals surface area (Å²) in [6.07, 6.45) is 2.35. The van der Waals surface area contributed by atoms with E-state index in [9.17, 15) is 0 Å². The van der Waals surface area contributed by atoms with Gasteiger partial charge in [-0.1, -0.05) is 32.9 Å². The third kappa shape index (κ3) is 5.22. The molecule has 0 bridgehead atoms. The number of nitrogens with one attached hydrogen (secondary N) is 1. The second-order valence-corrected chi connectivity index (χ2v) is 4.48. The standard InChI is InChI=1S/C15H25NO/c1-4-10-16-11-12-17-15-8-6-14(7-9-15)13(3)5-2/h6-9,13,16H,4-5,10-12H2,1-3H3. The van der Waals surface area contributed by atoms with Gasteiger partial charge in [-0.05, 0) is 43.0 Å². The summed E-state index contributed by atoms with van der Waals surface area (Å²) in [5, 5.41) is 3.32. The maximum absolute atomic E-state index is 5.66. The van der Waals surface area contributed by atoms with E-state index in [1.807, 2.05) is 0 Å². The van der Waals surface area contributed by atoms with Gasteiger partial charge in [0.15, 0.2) is 0 Å². The molecule has 0 saturated carbocycles. The molecule has 0 aliphatic rings. The summed E-state index contributed by atoms with van der Waals surface area (Å²) >= 11 is 0. The second kappa shape index (κ2) is 8.13. The predicted molar refractivity (Wildman–Crippen MR) is 73.8 cm³/mol. The Balaban J connectivity index is 2.30. The first-order valence-electron chi connectivity index (χ1n) is 6.71. The molecule has 0 aliphatic carbocycles. The summed E-state index contributed by atoms with van der Waals surface area (Å²) in [6.45, 7) is 9.36. The lowest BCUT2D eigenvalue weighted by Crippen LogP contribution is -2.21. The van der Waals surface area contributed by atoms with Gasteiger partial charge in [-0.3, -0.25) is 0 Å². The quantitative estimate of drug-likeness (QED) is 0.695. The maximum Gasteiger partial charge on any atom is 0.119 e. The van der Waals surface area contributed by atoms with E-state index in [2.05, 4.69) is 50.4 Å². The van der Waals surface area contributed by atoms with Gasteiger partial charge < -0.3 is 10.1 Å². The maximum atomic E-state index is 5.66. The largest absolute Gasteiger partial charge is 0.492 e. The molecule has 96 valence electrons. The number of benzene rings is 1. The summed E-state index contributed by atoms with van der Waals surface area (Å²) in [6, 6.07) is 8.48. The lowest BCUT2D eigenvalue weighted by molar-refractivity contribution is 0.314. The molecular weight excluding hydrogens is 210 g/mol. The number of hydrogen-bond acceptors (Lipinski definition) is 2. The number of hydrogen-bond donors (Lipinski definition) is 1. The van der Waals surface area contributed by atoms with Crippen molar-refractivity contribution in [2.45, 2.75) is 39.5 Å². The molecule has 1 rings (SSSR count). The normalized spacial score (nSPS) is 12.4. The van der Waals surface area contributed by atoms with Crippen LogP contribution in [0.3, 0.4) is 0 Å². The molecule has 17 heavy (non-hydrogen) atoms. The van der Waals surface area contributed by atoms with Crippen molar-refractivity contribution >= 4 is 0 Å². The van der Waals surface area contributed by atoms with Crippen molar-refractivity contribution in [3.63, 3.8) is 0 Å². The van der Waals surface area contributed by atoms with Crippen molar-refractivity contribution in [2.24, 2.45) is 0 Å². The minimum atomic E-state index is 0.635. The summed E-state index contributed by atoms with van der Waals surface area (Å²) < 4.78 is 5.66. The first kappa shape index (κ1) is 14.0. The van der Waals surface area contributed by atoms with Crippen LogP contribution in [0.1, 0.15) is 45.1 Å². The molecule has 0 amide bonds. The van der Waals surface area contributed by atoms with E-state index in [0.29, 0.717) is 5.92 Å². The van der Waals surface area contributed by atoms with E-state index in [0.717, 1.165) is 25.4 Å². The fourth-order valence-electron chi connectivity index (χ4n) is 1.67. The first-order valence-corrected chi connectivity index (χ1v) is 6.71. The molecule has 0 saturated heterocycles. The highest BCUT2D eigenvalue weighted by Gasteiger charge is 2.02. The van der Waals surface area contributed by atoms with Crippen LogP contribution < -0.4 is 10.1 Å². The van der Waals surface area contributed by atoms with Gasteiger partial charge >= 0.3 is 0 Å². The highest BCUT2D eigenvalue weighted by Crippen LogP contribution is 2.21. The Bertz CT molecular complexity index is 294. The molecule has 2 nitrogen and oxygen atoms in total. The van der Waals surface area contributed by atoms with Gasteiger partial charge in [0.05, 0.1) is 0 Å². The SMILES string of the molecule is CCCNCCOc1ccc(C(C)CC)cc1. The molecule has 0 aliphatic heterocycles. The molecule has 1 atom stereocenters. The third-order valence-corrected chi connectivity index (χ3v) is 3.04. The fourth-order valence-corrected chi connectivity index (χ4v) is 1.67. The van der Waals surface area contributed by atoms with E-state index >= 15 is 0 Å². The second-order valence-electron chi connectivity index (χ2n) is 4.48. The van der Waals surface area contributed by atoms with Gasteiger partial charge in [-0.25, -0.2) is 0 Å². The van der Waals surface area contributed by atoms with Crippen LogP contribution in [-0.2, 0) is 0 Å². The molecule has 1 unspecified atom stereocenters. The van der Waals surface area contributed by atoms with Crippen LogP contribution in [0.2, 0.25) is 0 Å². The van der Waals surface area contributed by atoms with Crippen molar-refractivity contribution in [1.82, 2.24) is 5.32 Å². The third-order valence-electron chi connectivity index (χ3n) is 3.04. The number of ether oxygens (including phenoxy) is 1. The van der Waals surface area contributed by atoms with Gasteiger partial charge in [0, 0.05) is 6.54 Å². The first-order chi connectivity index (χ1) is 8.27. The van der Waals surface area contributed by atoms with Crippen LogP contribution in [0, 0.1) is 0 Å². The van der Waals surface area contributed by atoms with Gasteiger partial charge in [0.2, 0.25) is 0 Å². The van der Waals surface area contributed by atoms with Crippen molar-refractivity contribution < 1.29 is 4.74 Å². The predicted octanol–water partition coefficient (Wildman–Crippen LogP) is 3.58. The Morgan fingerprint density at radius 3 is 2.41 bits per heavy atom. The Morgan fingerprint density at radius 1 is 1.12 bits per heavy atom. The van der Waals surface area contributed by atoms with Gasteiger partial charge in [-0.15, -0.1) is 0 Å². The zero-order valence-electron chi connectivity index (χ0n) is 11.3. The molecule has 0 aromatic heterocycles. The van der Waals surface area contributed by atoms with Gasteiger partial charge in [0.25, 0.3) is 0 Å². The van der Waals surface area contributed by atoms with Crippen LogP contribution in [0.25, 0.3) is 0 Å². The molecule has 1 N–H and O–H groups in total. The van der Waals surface area contributed by atoms with Gasteiger partial charge in [-0.2, -0.15) is 0 Å². The minimum absolute atomic E-state index is 0.635. The molecule has 1 aromatic carbocycles. The smallest absolute Gasteiger partial charge is 0.119 e. The number of rotatable bonds is 8. The van der Waals surface area contributed by atoms with Crippen LogP contribution >= 0.6 is 0 Å². The zero-order chi connectivity index (χ0) is 12.5. The Morgan fingerprint density at radius 2 is 1.82 bits per heavy atom. The average Bonchev–Trinajstić information content (AvgIpc) is 2.38. The lowest BCUT2D eigenvalue weighted by atomic mass is 9.99. The van der Waals surface area contributed by atoms with Crippen LogP contribution in [0.5, 0.6) is 5.75 Å². The molecule has 1 aromatic rings. The van der Waals surface area contributed by atoms with E-state index in [1.165, 1.54) is 18.4 Å². The monoisotopic (exact) mass is 235 g/mol. The molecule has 0 fully saturated rings. The van der Waals surface area contributed by atoms with Crippen LogP contribution in [0.4, 0.5) is 0 Å². The minimum Gasteiger partial charge on any atom is -0.492 e. The van der Waals surface area contributed by atoms with Crippen molar-refractivity contribution in [2.75, 3.05) is 19.7 Å². The Hall–Kier alpha value is -1.02. The van der Waals surface area contributed by atoms with Crippen molar-refractivity contribution in [3.8, 4) is 5.75 Å². The molecule has 0 heterocycles. The zero-order valence-corrected chi connectivity index (χ0v) is 11.3. The summed E-state index contributed by atoms with van der Waals surface area (Å²) in [4.78, 5) is 0. The van der Waals surface area contributed by atoms with E-state index in [1.54, 1.807) is 0 Å². The van der Waals surface area contributed by atoms with E-state index < -0.39 is 0 Å². The fraction of sp³-hybridized carbons (Fsp3) is 0.600. The van der Waals surface area contributed by atoms with Crippen molar-refractivity contribution in [1.29, 1.82) is 0 Å². The summed E-state index contributed by atoms with van der Waals surface area (Å²) in [5.74, 6) is 1.60. The molecular formula is C15H25NO. The average molecular weight is 235 g/mol. The Labute approximate surface area is 105 Å². The summed E-state index contributed by atoms with van der Waals surface area (Å²) in [5.41, 5.74) is 1.39. The van der Waals surface area contributed by atoms with Crippen LogP contribution in [-0.4, -0.2) is 19.7 Å². The van der Waals surface area contributed by atoms with Crippen molar-refractivity contribution in [3.05, 3.63) is 29.8 Å². The van der Waals surface area contributed by atoms with Gasteiger partial charge in [0.1, 0.15) is 12.4 Å². The molecule has 0 radical (unpaired) electrons. The van der Waals surface area contributed by atoms with Crippen LogP contribution in [0.15, 0.2) is 24.3 Å². The van der Waals surface area contributed by atoms with E-state index in [-0.39, 0.29) is 0 Å². The topological polar surface area (TPSA) is 21.3 Å². The van der Waals surface area contributed by atoms with E-state index in [4.69, 9.17) is 4.74 Å².